The monoisotopic (exact) mass is 419 g/mol. The van der Waals surface area contributed by atoms with Crippen LogP contribution in [0.1, 0.15) is 64.7 Å². The Hall–Kier alpha value is -3.15. The van der Waals surface area contributed by atoms with Gasteiger partial charge in [-0.15, -0.1) is 0 Å². The van der Waals surface area contributed by atoms with Crippen LogP contribution in [-0.2, 0) is 6.54 Å². The normalized spacial score (nSPS) is 15.0. The first kappa shape index (κ1) is 21.1. The predicted octanol–water partition coefficient (Wildman–Crippen LogP) is 4.72. The molecule has 0 unspecified atom stereocenters. The lowest BCUT2D eigenvalue weighted by Gasteiger charge is -2.32. The van der Waals surface area contributed by atoms with E-state index in [1.54, 1.807) is 12.1 Å². The summed E-state index contributed by atoms with van der Waals surface area (Å²) in [7, 11) is 0. The van der Waals surface area contributed by atoms with Crippen molar-refractivity contribution in [2.75, 3.05) is 13.1 Å². The van der Waals surface area contributed by atoms with Gasteiger partial charge in [-0.1, -0.05) is 31.5 Å². The highest BCUT2D eigenvalue weighted by Crippen LogP contribution is 2.27. The molecule has 162 valence electrons. The molecular weight excluding hydrogens is 390 g/mol. The van der Waals surface area contributed by atoms with Crippen LogP contribution in [0.2, 0.25) is 0 Å². The van der Waals surface area contributed by atoms with Gasteiger partial charge in [-0.25, -0.2) is 9.78 Å². The van der Waals surface area contributed by atoms with Gasteiger partial charge >= 0.3 is 5.97 Å². The number of imidazole rings is 1. The molecule has 1 aliphatic heterocycles. The number of aryl methyl sites for hydroxylation is 1. The number of aromatic carboxylic acids is 1. The van der Waals surface area contributed by atoms with Crippen LogP contribution in [0.15, 0.2) is 42.5 Å². The third-order valence-corrected chi connectivity index (χ3v) is 6.18. The smallest absolute Gasteiger partial charge is 0.335 e. The molecule has 0 radical (unpaired) electrons. The van der Waals surface area contributed by atoms with E-state index in [4.69, 9.17) is 4.98 Å². The molecule has 1 fully saturated rings. The average Bonchev–Trinajstić information content (AvgIpc) is 3.12. The van der Waals surface area contributed by atoms with E-state index in [-0.39, 0.29) is 17.4 Å². The number of piperidine rings is 1. The van der Waals surface area contributed by atoms with Crippen molar-refractivity contribution in [3.05, 3.63) is 65.0 Å². The van der Waals surface area contributed by atoms with Crippen LogP contribution < -0.4 is 0 Å². The third-order valence-electron chi connectivity index (χ3n) is 6.18. The maximum Gasteiger partial charge on any atom is 0.335 e. The van der Waals surface area contributed by atoms with Crippen molar-refractivity contribution >= 4 is 22.9 Å². The van der Waals surface area contributed by atoms with E-state index < -0.39 is 5.97 Å². The highest BCUT2D eigenvalue weighted by Gasteiger charge is 2.25. The molecular formula is C25H29N3O3. The lowest BCUT2D eigenvalue weighted by atomic mass is 9.95. The van der Waals surface area contributed by atoms with Crippen molar-refractivity contribution in [2.24, 2.45) is 5.92 Å². The van der Waals surface area contributed by atoms with E-state index in [0.717, 1.165) is 60.5 Å². The van der Waals surface area contributed by atoms with Crippen LogP contribution in [0.4, 0.5) is 0 Å². The number of hydrogen-bond donors (Lipinski definition) is 1. The third kappa shape index (κ3) is 4.33. The Kier molecular flexibility index (Phi) is 5.81. The van der Waals surface area contributed by atoms with E-state index in [0.29, 0.717) is 5.92 Å². The van der Waals surface area contributed by atoms with E-state index >= 15 is 0 Å². The number of amides is 1. The first-order valence-electron chi connectivity index (χ1n) is 10.9. The second kappa shape index (κ2) is 8.53. The number of rotatable bonds is 5. The van der Waals surface area contributed by atoms with Crippen molar-refractivity contribution in [2.45, 2.75) is 46.1 Å². The summed E-state index contributed by atoms with van der Waals surface area (Å²) in [5.41, 5.74) is 3.87. The molecule has 6 nitrogen and oxygen atoms in total. The summed E-state index contributed by atoms with van der Waals surface area (Å²) in [6.45, 7) is 8.59. The lowest BCUT2D eigenvalue weighted by molar-refractivity contribution is 0.0678. The molecule has 4 rings (SSSR count). The minimum atomic E-state index is -0.937. The molecule has 2 aromatic carbocycles. The second-order valence-corrected chi connectivity index (χ2v) is 8.85. The molecule has 0 aliphatic carbocycles. The van der Waals surface area contributed by atoms with Crippen LogP contribution >= 0.6 is 0 Å². The number of carbonyl (C=O) groups is 2. The van der Waals surface area contributed by atoms with Gasteiger partial charge in [0.2, 0.25) is 0 Å². The number of benzene rings is 2. The highest BCUT2D eigenvalue weighted by atomic mass is 16.4. The van der Waals surface area contributed by atoms with Crippen LogP contribution in [0, 0.1) is 12.8 Å². The SMILES string of the molecule is Cc1ccc(C(=O)N2CCC(Cn3c(C(C)C)nc4cc(C(=O)O)ccc43)CC2)cc1. The number of likely N-dealkylation sites (tertiary alicyclic amines) is 1. The zero-order valence-corrected chi connectivity index (χ0v) is 18.3. The Balaban J connectivity index is 1.49. The van der Waals surface area contributed by atoms with Gasteiger partial charge in [0.1, 0.15) is 5.82 Å². The van der Waals surface area contributed by atoms with Crippen molar-refractivity contribution in [1.82, 2.24) is 14.5 Å². The fourth-order valence-corrected chi connectivity index (χ4v) is 4.37. The number of nitrogens with zero attached hydrogens (tertiary/aromatic N) is 3. The maximum atomic E-state index is 12.8. The molecule has 3 aromatic rings. The van der Waals surface area contributed by atoms with Gasteiger partial charge in [0.15, 0.2) is 0 Å². The molecule has 1 amide bonds. The van der Waals surface area contributed by atoms with Gasteiger partial charge < -0.3 is 14.6 Å². The molecule has 0 spiro atoms. The maximum absolute atomic E-state index is 12.8. The van der Waals surface area contributed by atoms with Crippen LogP contribution in [0.3, 0.4) is 0 Å². The van der Waals surface area contributed by atoms with Gasteiger partial charge in [-0.3, -0.25) is 4.79 Å². The van der Waals surface area contributed by atoms with Crippen molar-refractivity contribution < 1.29 is 14.7 Å². The Bertz CT molecular complexity index is 1110. The molecule has 6 heteroatoms. The summed E-state index contributed by atoms with van der Waals surface area (Å²) in [4.78, 5) is 30.8. The van der Waals surface area contributed by atoms with Crippen LogP contribution in [-0.4, -0.2) is 44.5 Å². The topological polar surface area (TPSA) is 75.4 Å². The molecule has 0 saturated carbocycles. The lowest BCUT2D eigenvalue weighted by Crippen LogP contribution is -2.39. The molecule has 0 bridgehead atoms. The number of fused-ring (bicyclic) bond motifs is 1. The fraction of sp³-hybridized carbons (Fsp3) is 0.400. The van der Waals surface area contributed by atoms with Crippen LogP contribution in [0.25, 0.3) is 11.0 Å². The molecule has 1 aliphatic rings. The summed E-state index contributed by atoms with van der Waals surface area (Å²) < 4.78 is 2.24. The first-order valence-corrected chi connectivity index (χ1v) is 10.9. The van der Waals surface area contributed by atoms with E-state index in [1.807, 2.05) is 42.2 Å². The number of hydrogen-bond acceptors (Lipinski definition) is 3. The van der Waals surface area contributed by atoms with Crippen molar-refractivity contribution in [3.63, 3.8) is 0 Å². The summed E-state index contributed by atoms with van der Waals surface area (Å²) in [6.07, 6.45) is 1.89. The van der Waals surface area contributed by atoms with Gasteiger partial charge in [0.25, 0.3) is 5.91 Å². The minimum absolute atomic E-state index is 0.107. The Morgan fingerprint density at radius 1 is 1.06 bits per heavy atom. The second-order valence-electron chi connectivity index (χ2n) is 8.85. The summed E-state index contributed by atoms with van der Waals surface area (Å²) in [5, 5.41) is 9.29. The fourth-order valence-electron chi connectivity index (χ4n) is 4.37. The molecule has 0 atom stereocenters. The van der Waals surface area contributed by atoms with Gasteiger partial charge in [-0.2, -0.15) is 0 Å². The molecule has 1 saturated heterocycles. The summed E-state index contributed by atoms with van der Waals surface area (Å²) in [5.74, 6) is 0.847. The van der Waals surface area contributed by atoms with Crippen molar-refractivity contribution in [3.8, 4) is 0 Å². The summed E-state index contributed by atoms with van der Waals surface area (Å²) in [6, 6.07) is 12.9. The predicted molar refractivity (Wildman–Crippen MR) is 121 cm³/mol. The van der Waals surface area contributed by atoms with Gasteiger partial charge in [-0.05, 0) is 56.0 Å². The van der Waals surface area contributed by atoms with E-state index in [9.17, 15) is 14.7 Å². The summed E-state index contributed by atoms with van der Waals surface area (Å²) >= 11 is 0. The number of carboxylic acids is 1. The van der Waals surface area contributed by atoms with Crippen molar-refractivity contribution in [1.29, 1.82) is 0 Å². The Morgan fingerprint density at radius 2 is 1.71 bits per heavy atom. The number of carboxylic acid groups (broad SMARTS) is 1. The average molecular weight is 420 g/mol. The molecule has 1 N–H and O–H groups in total. The van der Waals surface area contributed by atoms with Gasteiger partial charge in [0.05, 0.1) is 16.6 Å². The van der Waals surface area contributed by atoms with E-state index in [2.05, 4.69) is 18.4 Å². The molecule has 31 heavy (non-hydrogen) atoms. The quantitative estimate of drug-likeness (QED) is 0.649. The zero-order valence-electron chi connectivity index (χ0n) is 18.3. The molecule has 2 heterocycles. The minimum Gasteiger partial charge on any atom is -0.478 e. The Morgan fingerprint density at radius 3 is 2.32 bits per heavy atom. The van der Waals surface area contributed by atoms with Crippen LogP contribution in [0.5, 0.6) is 0 Å². The van der Waals surface area contributed by atoms with E-state index in [1.165, 1.54) is 0 Å². The zero-order chi connectivity index (χ0) is 22.1. The van der Waals surface area contributed by atoms with Gasteiger partial charge in [0, 0.05) is 31.1 Å². The number of carbonyl (C=O) groups excluding carboxylic acids is 1. The largest absolute Gasteiger partial charge is 0.478 e. The highest BCUT2D eigenvalue weighted by molar-refractivity contribution is 5.94. The molecule has 1 aromatic heterocycles. The number of aromatic nitrogens is 2. The first-order chi connectivity index (χ1) is 14.8. The standard InChI is InChI=1S/C25H29N3O3/c1-16(2)23-26-21-14-20(25(30)31)8-9-22(21)28(23)15-18-10-12-27(13-11-18)24(29)19-6-4-17(3)5-7-19/h4-9,14,16,18H,10-13,15H2,1-3H3,(H,30,31). The Labute approximate surface area is 182 Å².